The molecule has 0 spiro atoms. The topological polar surface area (TPSA) is 33.1 Å². The summed E-state index contributed by atoms with van der Waals surface area (Å²) in [5.41, 5.74) is 0.697. The predicted octanol–water partition coefficient (Wildman–Crippen LogP) is 1.30. The molecule has 2 heteroatoms. The van der Waals surface area contributed by atoms with Crippen molar-refractivity contribution in [2.24, 2.45) is 0 Å². The van der Waals surface area contributed by atoms with Gasteiger partial charge in [0.25, 0.3) is 0 Å². The van der Waals surface area contributed by atoms with Gasteiger partial charge in [0.05, 0.1) is 5.35 Å². The standard InChI is InChI=1S/C13H11NO/c15-12-7-3-5-10-8-9-4-1-2-6-11(9)14-13(10)12/h3-8,15H,1-2H2. The molecule has 0 aliphatic heterocycles. The Labute approximate surface area is 87.2 Å². The van der Waals surface area contributed by atoms with E-state index in [4.69, 9.17) is 0 Å². The number of hydrogen-bond donors (Lipinski definition) is 1. The molecule has 2 nitrogen and oxygen atoms in total. The van der Waals surface area contributed by atoms with Crippen molar-refractivity contribution in [3.05, 3.63) is 34.8 Å². The lowest BCUT2D eigenvalue weighted by Gasteiger charge is -2.03. The van der Waals surface area contributed by atoms with Crippen molar-refractivity contribution < 1.29 is 5.11 Å². The maximum absolute atomic E-state index is 9.69. The molecule has 0 amide bonds. The first-order chi connectivity index (χ1) is 7.34. The Kier molecular flexibility index (Phi) is 1.75. The third kappa shape index (κ3) is 1.30. The minimum Gasteiger partial charge on any atom is -0.506 e. The molecule has 1 aromatic heterocycles. The molecule has 0 unspecified atom stereocenters. The van der Waals surface area contributed by atoms with Crippen LogP contribution in [0.4, 0.5) is 0 Å². The van der Waals surface area contributed by atoms with E-state index in [1.807, 2.05) is 12.1 Å². The van der Waals surface area contributed by atoms with Crippen molar-refractivity contribution >= 4 is 23.1 Å². The van der Waals surface area contributed by atoms with Crippen LogP contribution in [0.15, 0.2) is 24.3 Å². The van der Waals surface area contributed by atoms with Gasteiger partial charge in [-0.2, -0.15) is 0 Å². The fourth-order valence-corrected chi connectivity index (χ4v) is 2.00. The van der Waals surface area contributed by atoms with Crippen LogP contribution in [0.1, 0.15) is 12.8 Å². The van der Waals surface area contributed by atoms with E-state index in [2.05, 4.69) is 23.2 Å². The van der Waals surface area contributed by atoms with Gasteiger partial charge in [0.1, 0.15) is 11.3 Å². The molecule has 0 atom stereocenters. The third-order valence-corrected chi connectivity index (χ3v) is 2.75. The summed E-state index contributed by atoms with van der Waals surface area (Å²) >= 11 is 0. The van der Waals surface area contributed by atoms with E-state index in [0.717, 1.165) is 23.6 Å². The predicted molar refractivity (Wildman–Crippen MR) is 60.8 cm³/mol. The Morgan fingerprint density at radius 2 is 2.00 bits per heavy atom. The Morgan fingerprint density at radius 1 is 1.13 bits per heavy atom. The van der Waals surface area contributed by atoms with Crippen molar-refractivity contribution in [2.75, 3.05) is 0 Å². The highest BCUT2D eigenvalue weighted by molar-refractivity contribution is 5.84. The summed E-state index contributed by atoms with van der Waals surface area (Å²) in [6.45, 7) is 0. The van der Waals surface area contributed by atoms with Crippen LogP contribution in [0.5, 0.6) is 5.75 Å². The minimum atomic E-state index is 0.259. The molecule has 3 rings (SSSR count). The van der Waals surface area contributed by atoms with Gasteiger partial charge < -0.3 is 5.11 Å². The molecular weight excluding hydrogens is 186 g/mol. The van der Waals surface area contributed by atoms with E-state index in [1.54, 1.807) is 6.07 Å². The van der Waals surface area contributed by atoms with Gasteiger partial charge >= 0.3 is 0 Å². The monoisotopic (exact) mass is 197 g/mol. The SMILES string of the molecule is Oc1cccc2cc3c(nc12)=CCCC=3. The first-order valence-electron chi connectivity index (χ1n) is 5.14. The lowest BCUT2D eigenvalue weighted by Crippen LogP contribution is -2.29. The highest BCUT2D eigenvalue weighted by Gasteiger charge is 2.02. The second kappa shape index (κ2) is 3.09. The summed E-state index contributed by atoms with van der Waals surface area (Å²) in [6.07, 6.45) is 6.45. The molecule has 0 saturated heterocycles. The summed E-state index contributed by atoms with van der Waals surface area (Å²) < 4.78 is 0. The zero-order valence-electron chi connectivity index (χ0n) is 8.27. The smallest absolute Gasteiger partial charge is 0.141 e. The highest BCUT2D eigenvalue weighted by Crippen LogP contribution is 2.19. The molecular formula is C13H11NO. The van der Waals surface area contributed by atoms with Gasteiger partial charge in [-0.3, -0.25) is 0 Å². The molecule has 15 heavy (non-hydrogen) atoms. The summed E-state index contributed by atoms with van der Waals surface area (Å²) in [5, 5.41) is 12.9. The average molecular weight is 197 g/mol. The van der Waals surface area contributed by atoms with E-state index in [9.17, 15) is 5.11 Å². The van der Waals surface area contributed by atoms with Gasteiger partial charge in [-0.1, -0.05) is 24.3 Å². The van der Waals surface area contributed by atoms with E-state index < -0.39 is 0 Å². The highest BCUT2D eigenvalue weighted by atomic mass is 16.3. The number of nitrogens with zero attached hydrogens (tertiary/aromatic N) is 1. The molecule has 1 heterocycles. The maximum atomic E-state index is 9.69. The number of rotatable bonds is 0. The van der Waals surface area contributed by atoms with Crippen molar-refractivity contribution in [1.29, 1.82) is 0 Å². The first-order valence-corrected chi connectivity index (χ1v) is 5.14. The van der Waals surface area contributed by atoms with E-state index in [-0.39, 0.29) is 5.75 Å². The van der Waals surface area contributed by atoms with Gasteiger partial charge in [-0.15, -0.1) is 0 Å². The Hall–Kier alpha value is -1.83. The van der Waals surface area contributed by atoms with E-state index >= 15 is 0 Å². The van der Waals surface area contributed by atoms with Gasteiger partial charge in [0.15, 0.2) is 0 Å². The number of pyridine rings is 1. The van der Waals surface area contributed by atoms with Crippen LogP contribution in [-0.2, 0) is 0 Å². The lowest BCUT2D eigenvalue weighted by molar-refractivity contribution is 0.480. The number of aromatic nitrogens is 1. The first kappa shape index (κ1) is 8.48. The normalized spacial score (nSPS) is 14.1. The minimum absolute atomic E-state index is 0.259. The van der Waals surface area contributed by atoms with Crippen LogP contribution in [0.3, 0.4) is 0 Å². The molecule has 0 radical (unpaired) electrons. The molecule has 74 valence electrons. The van der Waals surface area contributed by atoms with Crippen molar-refractivity contribution in [3.63, 3.8) is 0 Å². The zero-order valence-corrected chi connectivity index (χ0v) is 8.27. The molecule has 1 aliphatic rings. The molecule has 1 aromatic carbocycles. The van der Waals surface area contributed by atoms with Gasteiger partial charge in [-0.25, -0.2) is 4.98 Å². The molecule has 2 aromatic rings. The maximum Gasteiger partial charge on any atom is 0.141 e. The van der Waals surface area contributed by atoms with E-state index in [0.29, 0.717) is 5.52 Å². The number of para-hydroxylation sites is 1. The van der Waals surface area contributed by atoms with Crippen molar-refractivity contribution in [3.8, 4) is 5.75 Å². The third-order valence-electron chi connectivity index (χ3n) is 2.75. The van der Waals surface area contributed by atoms with Gasteiger partial charge in [0, 0.05) is 5.39 Å². The Bertz CT molecular complexity index is 643. The van der Waals surface area contributed by atoms with Crippen LogP contribution in [-0.4, -0.2) is 10.1 Å². The molecule has 0 bridgehead atoms. The van der Waals surface area contributed by atoms with Crippen LogP contribution in [0.2, 0.25) is 0 Å². The fraction of sp³-hybridized carbons (Fsp3) is 0.154. The van der Waals surface area contributed by atoms with Gasteiger partial charge in [-0.05, 0) is 30.2 Å². The van der Waals surface area contributed by atoms with Crippen molar-refractivity contribution in [2.45, 2.75) is 12.8 Å². The Balaban J connectivity index is 2.52. The number of aromatic hydroxyl groups is 1. The van der Waals surface area contributed by atoms with Gasteiger partial charge in [0.2, 0.25) is 0 Å². The van der Waals surface area contributed by atoms with Crippen LogP contribution in [0.25, 0.3) is 23.1 Å². The number of phenols is 1. The number of fused-ring (bicyclic) bond motifs is 2. The van der Waals surface area contributed by atoms with Crippen LogP contribution in [0, 0.1) is 0 Å². The molecule has 0 fully saturated rings. The Morgan fingerprint density at radius 3 is 2.93 bits per heavy atom. The van der Waals surface area contributed by atoms with Crippen LogP contribution >= 0.6 is 0 Å². The number of benzene rings is 1. The second-order valence-corrected chi connectivity index (χ2v) is 3.80. The van der Waals surface area contributed by atoms with Crippen molar-refractivity contribution in [1.82, 2.24) is 4.98 Å². The molecule has 0 saturated carbocycles. The summed E-state index contributed by atoms with van der Waals surface area (Å²) in [5.74, 6) is 0.259. The van der Waals surface area contributed by atoms with E-state index in [1.165, 1.54) is 5.22 Å². The zero-order chi connectivity index (χ0) is 10.3. The summed E-state index contributed by atoms with van der Waals surface area (Å²) in [7, 11) is 0. The number of hydrogen-bond acceptors (Lipinski definition) is 2. The summed E-state index contributed by atoms with van der Waals surface area (Å²) in [4.78, 5) is 4.48. The number of phenolic OH excluding ortho intramolecular Hbond substituents is 1. The quantitative estimate of drug-likeness (QED) is 0.690. The lowest BCUT2D eigenvalue weighted by atomic mass is 10.1. The second-order valence-electron chi connectivity index (χ2n) is 3.80. The largest absolute Gasteiger partial charge is 0.506 e. The summed E-state index contributed by atoms with van der Waals surface area (Å²) in [6, 6.07) is 7.59. The molecule has 1 N–H and O–H groups in total. The fourth-order valence-electron chi connectivity index (χ4n) is 2.00. The molecule has 1 aliphatic carbocycles. The average Bonchev–Trinajstić information content (AvgIpc) is 2.27. The van der Waals surface area contributed by atoms with Crippen LogP contribution < -0.4 is 10.6 Å².